The van der Waals surface area contributed by atoms with Crippen LogP contribution in [0, 0.1) is 5.92 Å². The van der Waals surface area contributed by atoms with Gasteiger partial charge in [0.1, 0.15) is 0 Å². The maximum Gasteiger partial charge on any atom is -0.0184 e. The van der Waals surface area contributed by atoms with Crippen molar-refractivity contribution in [3.05, 3.63) is 142 Å². The van der Waals surface area contributed by atoms with Crippen LogP contribution in [-0.4, -0.2) is 12.7 Å². The van der Waals surface area contributed by atoms with Crippen molar-refractivity contribution in [2.24, 2.45) is 5.92 Å². The van der Waals surface area contributed by atoms with Crippen LogP contribution < -0.4 is 14.2 Å². The van der Waals surface area contributed by atoms with E-state index in [0.717, 1.165) is 0 Å². The van der Waals surface area contributed by atoms with Gasteiger partial charge >= 0.3 is 223 Å². The Balaban J connectivity index is 0.000000301. The first kappa shape index (κ1) is 35.6. The minimum absolute atomic E-state index is 0.600. The third-order valence-corrected chi connectivity index (χ3v) is 24.3. The molecule has 3 heteroatoms. The molecule has 1 saturated carbocycles. The standard InChI is InChI=1S/C12H11Si.C12H10.C11H22N.C9H13.Ti/c1-3-7-11(8-4-1)13-12-9-5-2-6-10-12;1-3-7-11(8-4-1)12-9-5-2-6-10-12;12-11-9-7-5-3-1-2-4-6-8-10-11;1-6-5-7(2)9(4)8(6)3;/h1-10,13H;1-10H;11-12H,1-10H2;6H,1-4H3;/q;;-1;;+1. The Morgan fingerprint density at radius 1 is 0.511 bits per heavy atom. The average molecular weight is 675 g/mol. The van der Waals surface area contributed by atoms with Crippen molar-refractivity contribution in [1.29, 1.82) is 0 Å². The van der Waals surface area contributed by atoms with Gasteiger partial charge in [-0.1, -0.05) is 60.7 Å². The molecular formula is C44H56NSiTi. The smallest absolute Gasteiger partial charge is 0.0184 e. The monoisotopic (exact) mass is 674 g/mol. The predicted octanol–water partition coefficient (Wildman–Crippen LogP) is 10.5. The van der Waals surface area contributed by atoms with Gasteiger partial charge in [0.15, 0.2) is 0 Å². The van der Waals surface area contributed by atoms with Gasteiger partial charge in [-0.3, -0.25) is 0 Å². The maximum absolute atomic E-state index is 4.58. The van der Waals surface area contributed by atoms with E-state index in [4.69, 9.17) is 0 Å². The fourth-order valence-corrected chi connectivity index (χ4v) is 23.7. The number of benzene rings is 4. The van der Waals surface area contributed by atoms with Crippen molar-refractivity contribution in [3.8, 4) is 11.1 Å². The predicted molar refractivity (Wildman–Crippen MR) is 205 cm³/mol. The summed E-state index contributed by atoms with van der Waals surface area (Å²) < 4.78 is 6.42. The van der Waals surface area contributed by atoms with E-state index in [1.807, 2.05) is 16.0 Å². The molecule has 0 saturated heterocycles. The molecule has 1 unspecified atom stereocenters. The zero-order valence-corrected chi connectivity index (χ0v) is 32.1. The molecule has 1 atom stereocenters. The topological polar surface area (TPSA) is 12.0 Å². The molecule has 0 aromatic heterocycles. The number of rotatable bonds is 7. The molecule has 0 amide bonds. The number of hydrogen-bond acceptors (Lipinski definition) is 1. The molecule has 0 radical (unpaired) electrons. The molecule has 245 valence electrons. The van der Waals surface area contributed by atoms with Crippen molar-refractivity contribution in [2.75, 3.05) is 0 Å². The van der Waals surface area contributed by atoms with Crippen molar-refractivity contribution in [2.45, 2.75) is 97.9 Å². The molecule has 2 aliphatic rings. The molecule has 4 aromatic carbocycles. The van der Waals surface area contributed by atoms with Crippen molar-refractivity contribution >= 4 is 17.0 Å². The van der Waals surface area contributed by atoms with Gasteiger partial charge in [-0.2, -0.15) is 0 Å². The van der Waals surface area contributed by atoms with Crippen LogP contribution in [0.15, 0.2) is 142 Å². The molecule has 4 aromatic rings. The Hall–Kier alpha value is -2.75. The number of nitrogens with one attached hydrogen (secondary N) is 1. The van der Waals surface area contributed by atoms with E-state index in [2.05, 4.69) is 141 Å². The Labute approximate surface area is 293 Å². The third-order valence-electron chi connectivity index (χ3n) is 10.6. The molecule has 6 rings (SSSR count). The molecule has 1 fully saturated rings. The van der Waals surface area contributed by atoms with Crippen molar-refractivity contribution in [1.82, 2.24) is 3.80 Å². The summed E-state index contributed by atoms with van der Waals surface area (Å²) in [6.45, 7) is 8.29. The van der Waals surface area contributed by atoms with Crippen molar-refractivity contribution < 1.29 is 17.4 Å². The minimum Gasteiger partial charge on any atom is -0.0622 e. The van der Waals surface area contributed by atoms with E-state index in [1.165, 1.54) is 75.3 Å². The third kappa shape index (κ3) is 9.89. The van der Waals surface area contributed by atoms with Crippen LogP contribution in [0.1, 0.15) is 91.9 Å². The zero-order valence-electron chi connectivity index (χ0n) is 29.4. The summed E-state index contributed by atoms with van der Waals surface area (Å²) in [4.78, 5) is 0. The normalized spacial score (nSPS) is 18.0. The maximum atomic E-state index is 4.58. The first-order valence-electron chi connectivity index (χ1n) is 18.3. The van der Waals surface area contributed by atoms with E-state index < -0.39 is 24.0 Å². The second-order valence-electron chi connectivity index (χ2n) is 13.7. The van der Waals surface area contributed by atoms with Gasteiger partial charge in [-0.25, -0.2) is 0 Å². The molecule has 1 nitrogen and oxygen atoms in total. The van der Waals surface area contributed by atoms with Crippen molar-refractivity contribution in [3.63, 3.8) is 0 Å². The summed E-state index contributed by atoms with van der Waals surface area (Å²) >= 11 is -1.85. The second-order valence-corrected chi connectivity index (χ2v) is 23.6. The van der Waals surface area contributed by atoms with Crippen LogP contribution in [0.2, 0.25) is 0 Å². The van der Waals surface area contributed by atoms with Gasteiger partial charge in [0.25, 0.3) is 0 Å². The fraction of sp³-hybridized carbons (Fsp3) is 0.364. The first-order valence-corrected chi connectivity index (χ1v) is 24.3. The zero-order chi connectivity index (χ0) is 32.8. The summed E-state index contributed by atoms with van der Waals surface area (Å²) in [5.41, 5.74) is 7.35. The largest absolute Gasteiger partial charge is 0.0622 e. The summed E-state index contributed by atoms with van der Waals surface area (Å²) in [7, 11) is 0. The fourth-order valence-electron chi connectivity index (χ4n) is 7.54. The van der Waals surface area contributed by atoms with Gasteiger partial charge in [-0.05, 0) is 11.1 Å². The number of allylic oxidation sites excluding steroid dienone is 4. The molecule has 1 N–H and O–H groups in total. The molecule has 2 aliphatic carbocycles. The van der Waals surface area contributed by atoms with Gasteiger partial charge in [0, 0.05) is 0 Å². The molecular weight excluding hydrogens is 618 g/mol. The first-order chi connectivity index (χ1) is 23.0. The Morgan fingerprint density at radius 2 is 0.894 bits per heavy atom. The second kappa shape index (κ2) is 18.7. The molecule has 0 spiro atoms. The van der Waals surface area contributed by atoms with Crippen LogP contribution >= 0.6 is 0 Å². The molecule has 0 bridgehead atoms. The van der Waals surface area contributed by atoms with Crippen LogP contribution in [-0.2, 0) is 17.4 Å². The summed E-state index contributed by atoms with van der Waals surface area (Å²) in [5, 5.41) is 3.26. The van der Waals surface area contributed by atoms with Crippen LogP contribution in [0.3, 0.4) is 0 Å². The van der Waals surface area contributed by atoms with E-state index in [0.29, 0.717) is 12.0 Å². The van der Waals surface area contributed by atoms with E-state index >= 15 is 0 Å². The quantitative estimate of drug-likeness (QED) is 0.192. The van der Waals surface area contributed by atoms with Gasteiger partial charge in [0.2, 0.25) is 0 Å². The van der Waals surface area contributed by atoms with Crippen LogP contribution in [0.5, 0.6) is 0 Å². The number of hydrogen-bond donors (Lipinski definition) is 1. The Morgan fingerprint density at radius 3 is 1.28 bits per heavy atom. The van der Waals surface area contributed by atoms with Crippen LogP contribution in [0.4, 0.5) is 0 Å². The summed E-state index contributed by atoms with van der Waals surface area (Å²) in [5.74, 6) is 0.600. The van der Waals surface area contributed by atoms with Crippen LogP contribution in [0.25, 0.3) is 11.1 Å². The van der Waals surface area contributed by atoms with Gasteiger partial charge < -0.3 is 0 Å². The van der Waals surface area contributed by atoms with Gasteiger partial charge in [-0.15, -0.1) is 0 Å². The molecule has 47 heavy (non-hydrogen) atoms. The minimum atomic E-state index is -1.85. The van der Waals surface area contributed by atoms with E-state index in [-0.39, 0.29) is 0 Å². The summed E-state index contributed by atoms with van der Waals surface area (Å²) in [6, 6.07) is 44.7. The SMILES string of the molecule is CC1=C(C)C(C)[C]([Ti]([NH]C2CCCCCCCCCC2)[SiH](c2ccccc2)c2ccccc2)=C1C.c1ccc(-c2ccccc2)cc1. The van der Waals surface area contributed by atoms with Gasteiger partial charge in [0.05, 0.1) is 0 Å². The molecule has 0 heterocycles. The molecule has 0 aliphatic heterocycles. The Kier molecular flexibility index (Phi) is 14.1. The summed E-state index contributed by atoms with van der Waals surface area (Å²) in [6.07, 6.45) is 14.1. The Bertz CT molecular complexity index is 1460. The van der Waals surface area contributed by atoms with E-state index in [9.17, 15) is 0 Å². The average Bonchev–Trinajstić information content (AvgIpc) is 3.28. The van der Waals surface area contributed by atoms with E-state index in [1.54, 1.807) is 27.1 Å².